The zero-order chi connectivity index (χ0) is 13.1. The summed E-state index contributed by atoms with van der Waals surface area (Å²) in [6, 6.07) is 4.26. The van der Waals surface area contributed by atoms with Crippen molar-refractivity contribution in [3.8, 4) is 0 Å². The third kappa shape index (κ3) is 3.19. The van der Waals surface area contributed by atoms with Gasteiger partial charge in [0, 0.05) is 17.8 Å². The molecular formula is C14H20F2N2. The van der Waals surface area contributed by atoms with E-state index in [4.69, 9.17) is 0 Å². The highest BCUT2D eigenvalue weighted by Crippen LogP contribution is 2.23. The molecular weight excluding hydrogens is 234 g/mol. The maximum absolute atomic E-state index is 13.1. The smallest absolute Gasteiger partial charge is 0.160 e. The molecule has 1 atom stereocenters. The van der Waals surface area contributed by atoms with E-state index in [-0.39, 0.29) is 6.04 Å². The molecule has 1 aromatic carbocycles. The second-order valence-corrected chi connectivity index (χ2v) is 5.20. The number of nitrogens with one attached hydrogen (secondary N) is 1. The van der Waals surface area contributed by atoms with Crippen LogP contribution in [0.3, 0.4) is 0 Å². The highest BCUT2D eigenvalue weighted by molar-refractivity contribution is 5.44. The standard InChI is InChI=1S/C14H20F2N2/c1-10(11-5-7-18(2)8-6-11)17-12-3-4-13(15)14(16)9-12/h3-4,9-11,17H,5-8H2,1-2H3. The van der Waals surface area contributed by atoms with Gasteiger partial charge in [0.15, 0.2) is 11.6 Å². The van der Waals surface area contributed by atoms with Crippen LogP contribution in [0.1, 0.15) is 19.8 Å². The van der Waals surface area contributed by atoms with Crippen molar-refractivity contribution in [3.63, 3.8) is 0 Å². The largest absolute Gasteiger partial charge is 0.382 e. The molecule has 1 aliphatic heterocycles. The first kappa shape index (κ1) is 13.3. The van der Waals surface area contributed by atoms with Gasteiger partial charge >= 0.3 is 0 Å². The van der Waals surface area contributed by atoms with Crippen LogP contribution in [-0.2, 0) is 0 Å². The summed E-state index contributed by atoms with van der Waals surface area (Å²) in [5.41, 5.74) is 0.653. The lowest BCUT2D eigenvalue weighted by Crippen LogP contribution is -2.37. The summed E-state index contributed by atoms with van der Waals surface area (Å²) < 4.78 is 25.9. The highest BCUT2D eigenvalue weighted by Gasteiger charge is 2.22. The van der Waals surface area contributed by atoms with E-state index < -0.39 is 11.6 Å². The fourth-order valence-corrected chi connectivity index (χ4v) is 2.50. The van der Waals surface area contributed by atoms with E-state index >= 15 is 0 Å². The topological polar surface area (TPSA) is 15.3 Å². The van der Waals surface area contributed by atoms with Crippen LogP contribution in [0.4, 0.5) is 14.5 Å². The summed E-state index contributed by atoms with van der Waals surface area (Å²) in [7, 11) is 2.13. The average molecular weight is 254 g/mol. The molecule has 1 unspecified atom stereocenters. The van der Waals surface area contributed by atoms with Gasteiger partial charge in [0.2, 0.25) is 0 Å². The van der Waals surface area contributed by atoms with Crippen molar-refractivity contribution < 1.29 is 8.78 Å². The van der Waals surface area contributed by atoms with Crippen molar-refractivity contribution in [2.75, 3.05) is 25.5 Å². The van der Waals surface area contributed by atoms with Gasteiger partial charge in [0.1, 0.15) is 0 Å². The van der Waals surface area contributed by atoms with E-state index in [1.165, 1.54) is 12.1 Å². The minimum atomic E-state index is -0.799. The third-order valence-electron chi connectivity index (χ3n) is 3.78. The van der Waals surface area contributed by atoms with Crippen molar-refractivity contribution >= 4 is 5.69 Å². The fraction of sp³-hybridized carbons (Fsp3) is 0.571. The van der Waals surface area contributed by atoms with Crippen LogP contribution in [0.15, 0.2) is 18.2 Å². The molecule has 0 radical (unpaired) electrons. The molecule has 1 aliphatic rings. The zero-order valence-corrected chi connectivity index (χ0v) is 10.9. The number of rotatable bonds is 3. The summed E-state index contributed by atoms with van der Waals surface area (Å²) in [5, 5.41) is 3.27. The van der Waals surface area contributed by atoms with E-state index in [2.05, 4.69) is 24.2 Å². The van der Waals surface area contributed by atoms with Gasteiger partial charge in [0.05, 0.1) is 0 Å². The number of anilines is 1. The summed E-state index contributed by atoms with van der Waals surface area (Å²) >= 11 is 0. The molecule has 0 aliphatic carbocycles. The first-order valence-electron chi connectivity index (χ1n) is 6.46. The quantitative estimate of drug-likeness (QED) is 0.891. The molecule has 1 heterocycles. The summed E-state index contributed by atoms with van der Waals surface area (Å²) in [6.07, 6.45) is 2.29. The Morgan fingerprint density at radius 3 is 2.50 bits per heavy atom. The lowest BCUT2D eigenvalue weighted by atomic mass is 9.90. The molecule has 1 N–H and O–H groups in total. The predicted molar refractivity (Wildman–Crippen MR) is 69.7 cm³/mol. The molecule has 2 nitrogen and oxygen atoms in total. The van der Waals surface area contributed by atoms with E-state index in [0.29, 0.717) is 11.6 Å². The van der Waals surface area contributed by atoms with Crippen LogP contribution in [0.2, 0.25) is 0 Å². The first-order chi connectivity index (χ1) is 8.56. The maximum atomic E-state index is 13.1. The fourth-order valence-electron chi connectivity index (χ4n) is 2.50. The number of piperidine rings is 1. The van der Waals surface area contributed by atoms with Crippen molar-refractivity contribution in [1.29, 1.82) is 0 Å². The summed E-state index contributed by atoms with van der Waals surface area (Å²) in [6.45, 7) is 4.32. The van der Waals surface area contributed by atoms with E-state index in [1.807, 2.05) is 0 Å². The predicted octanol–water partition coefficient (Wildman–Crippen LogP) is 3.11. The van der Waals surface area contributed by atoms with Gasteiger partial charge in [-0.2, -0.15) is 0 Å². The van der Waals surface area contributed by atoms with Crippen molar-refractivity contribution in [2.24, 2.45) is 5.92 Å². The number of halogens is 2. The van der Waals surface area contributed by atoms with Gasteiger partial charge in [-0.1, -0.05) is 0 Å². The molecule has 0 aromatic heterocycles. The van der Waals surface area contributed by atoms with Crippen LogP contribution in [-0.4, -0.2) is 31.1 Å². The number of nitrogens with zero attached hydrogens (tertiary/aromatic N) is 1. The highest BCUT2D eigenvalue weighted by atomic mass is 19.2. The molecule has 0 amide bonds. The van der Waals surface area contributed by atoms with Gasteiger partial charge < -0.3 is 10.2 Å². The van der Waals surface area contributed by atoms with Gasteiger partial charge in [-0.15, -0.1) is 0 Å². The van der Waals surface area contributed by atoms with Crippen molar-refractivity contribution in [2.45, 2.75) is 25.8 Å². The van der Waals surface area contributed by atoms with Crippen LogP contribution < -0.4 is 5.32 Å². The molecule has 100 valence electrons. The number of benzene rings is 1. The van der Waals surface area contributed by atoms with E-state index in [9.17, 15) is 8.78 Å². The Morgan fingerprint density at radius 1 is 1.22 bits per heavy atom. The molecule has 0 saturated carbocycles. The molecule has 1 saturated heterocycles. The van der Waals surface area contributed by atoms with Crippen LogP contribution in [0, 0.1) is 17.6 Å². The molecule has 2 rings (SSSR count). The monoisotopic (exact) mass is 254 g/mol. The Morgan fingerprint density at radius 2 is 1.89 bits per heavy atom. The normalized spacial score (nSPS) is 19.8. The van der Waals surface area contributed by atoms with Crippen LogP contribution >= 0.6 is 0 Å². The lowest BCUT2D eigenvalue weighted by Gasteiger charge is -2.33. The van der Waals surface area contributed by atoms with Gasteiger partial charge in [-0.05, 0) is 58.0 Å². The Bertz CT molecular complexity index is 401. The molecule has 0 bridgehead atoms. The Kier molecular flexibility index (Phi) is 4.17. The number of likely N-dealkylation sites (tertiary alicyclic amines) is 1. The summed E-state index contributed by atoms with van der Waals surface area (Å²) in [4.78, 5) is 2.32. The summed E-state index contributed by atoms with van der Waals surface area (Å²) in [5.74, 6) is -1.00. The zero-order valence-electron chi connectivity index (χ0n) is 10.9. The van der Waals surface area contributed by atoms with Gasteiger partial charge in [-0.3, -0.25) is 0 Å². The second kappa shape index (κ2) is 5.65. The van der Waals surface area contributed by atoms with E-state index in [0.717, 1.165) is 25.9 Å². The Hall–Kier alpha value is -1.16. The Labute approximate surface area is 107 Å². The van der Waals surface area contributed by atoms with Gasteiger partial charge in [0.25, 0.3) is 0 Å². The lowest BCUT2D eigenvalue weighted by molar-refractivity contribution is 0.208. The Balaban J connectivity index is 1.94. The average Bonchev–Trinajstić information content (AvgIpc) is 2.34. The molecule has 1 fully saturated rings. The van der Waals surface area contributed by atoms with E-state index in [1.54, 1.807) is 6.07 Å². The number of hydrogen-bond donors (Lipinski definition) is 1. The third-order valence-corrected chi connectivity index (χ3v) is 3.78. The minimum absolute atomic E-state index is 0.281. The molecule has 4 heteroatoms. The maximum Gasteiger partial charge on any atom is 0.160 e. The van der Waals surface area contributed by atoms with Crippen molar-refractivity contribution in [1.82, 2.24) is 4.90 Å². The number of hydrogen-bond acceptors (Lipinski definition) is 2. The van der Waals surface area contributed by atoms with Gasteiger partial charge in [-0.25, -0.2) is 8.78 Å². The van der Waals surface area contributed by atoms with Crippen LogP contribution in [0.5, 0.6) is 0 Å². The SMILES string of the molecule is CC(Nc1ccc(F)c(F)c1)C1CCN(C)CC1. The minimum Gasteiger partial charge on any atom is -0.382 e. The molecule has 0 spiro atoms. The second-order valence-electron chi connectivity index (χ2n) is 5.20. The van der Waals surface area contributed by atoms with Crippen molar-refractivity contribution in [3.05, 3.63) is 29.8 Å². The molecule has 1 aromatic rings. The molecule has 18 heavy (non-hydrogen) atoms. The first-order valence-corrected chi connectivity index (χ1v) is 6.46. The van der Waals surface area contributed by atoms with Crippen LogP contribution in [0.25, 0.3) is 0 Å².